The highest BCUT2D eigenvalue weighted by atomic mass is 14.9. The molecule has 0 aromatic heterocycles. The number of nitrogens with one attached hydrogen (secondary N) is 1. The summed E-state index contributed by atoms with van der Waals surface area (Å²) in [5.74, 6) is 1.70. The number of rotatable bonds is 6. The third-order valence-corrected chi connectivity index (χ3v) is 2.20. The molecule has 0 aliphatic carbocycles. The quantitative estimate of drug-likeness (QED) is 0.647. The summed E-state index contributed by atoms with van der Waals surface area (Å²) in [5, 5.41) is 3.50. The van der Waals surface area contributed by atoms with Crippen LogP contribution in [0.25, 0.3) is 0 Å². The smallest absolute Gasteiger partial charge is 0.00104 e. The fourth-order valence-corrected chi connectivity index (χ4v) is 1.46. The zero-order chi connectivity index (χ0) is 9.56. The van der Waals surface area contributed by atoms with Crippen molar-refractivity contribution in [2.24, 2.45) is 11.8 Å². The Morgan fingerprint density at radius 2 is 1.67 bits per heavy atom. The minimum absolute atomic E-state index is 0.631. The predicted molar refractivity (Wildman–Crippen MR) is 56.4 cm³/mol. The maximum absolute atomic E-state index is 3.50. The Hall–Kier alpha value is -0.0400. The molecule has 0 spiro atoms. The molecule has 0 aromatic carbocycles. The van der Waals surface area contributed by atoms with Crippen molar-refractivity contribution in [2.45, 2.75) is 53.5 Å². The monoisotopic (exact) mass is 171 g/mol. The second-order valence-electron chi connectivity index (χ2n) is 4.47. The molecule has 0 aliphatic rings. The Bertz CT molecular complexity index is 97.2. The molecule has 0 fully saturated rings. The van der Waals surface area contributed by atoms with Crippen molar-refractivity contribution in [2.75, 3.05) is 6.54 Å². The molecule has 0 aromatic rings. The molecule has 1 heteroatoms. The van der Waals surface area contributed by atoms with Gasteiger partial charge in [-0.1, -0.05) is 41.0 Å². The van der Waals surface area contributed by atoms with Crippen molar-refractivity contribution in [3.8, 4) is 0 Å². The summed E-state index contributed by atoms with van der Waals surface area (Å²) in [6, 6.07) is 0.631. The zero-order valence-electron chi connectivity index (χ0n) is 9.35. The highest BCUT2D eigenvalue weighted by Crippen LogP contribution is 2.13. The lowest BCUT2D eigenvalue weighted by molar-refractivity contribution is 0.366. The van der Waals surface area contributed by atoms with Gasteiger partial charge in [0.2, 0.25) is 0 Å². The Labute approximate surface area is 77.9 Å². The zero-order valence-corrected chi connectivity index (χ0v) is 9.35. The SMILES string of the molecule is CC[C@@H](CNC(C)C)CC(C)C. The molecule has 0 heterocycles. The van der Waals surface area contributed by atoms with Crippen LogP contribution in [0.4, 0.5) is 0 Å². The van der Waals surface area contributed by atoms with E-state index in [4.69, 9.17) is 0 Å². The number of hydrogen-bond acceptors (Lipinski definition) is 1. The molecule has 0 unspecified atom stereocenters. The molecule has 0 saturated heterocycles. The van der Waals surface area contributed by atoms with E-state index in [-0.39, 0.29) is 0 Å². The van der Waals surface area contributed by atoms with Crippen molar-refractivity contribution < 1.29 is 0 Å². The van der Waals surface area contributed by atoms with Crippen LogP contribution in [-0.4, -0.2) is 12.6 Å². The minimum Gasteiger partial charge on any atom is -0.314 e. The summed E-state index contributed by atoms with van der Waals surface area (Å²) in [4.78, 5) is 0. The molecule has 1 atom stereocenters. The first-order valence-electron chi connectivity index (χ1n) is 5.29. The normalized spacial score (nSPS) is 14.2. The van der Waals surface area contributed by atoms with Crippen LogP contribution in [-0.2, 0) is 0 Å². The van der Waals surface area contributed by atoms with Gasteiger partial charge in [-0.05, 0) is 24.8 Å². The van der Waals surface area contributed by atoms with Gasteiger partial charge in [-0.2, -0.15) is 0 Å². The fourth-order valence-electron chi connectivity index (χ4n) is 1.46. The van der Waals surface area contributed by atoms with E-state index in [0.717, 1.165) is 11.8 Å². The predicted octanol–water partition coefficient (Wildman–Crippen LogP) is 3.06. The first-order valence-corrected chi connectivity index (χ1v) is 5.29. The van der Waals surface area contributed by atoms with Gasteiger partial charge in [-0.25, -0.2) is 0 Å². The summed E-state index contributed by atoms with van der Waals surface area (Å²) in [6.07, 6.45) is 2.66. The van der Waals surface area contributed by atoms with Gasteiger partial charge in [0.25, 0.3) is 0 Å². The lowest BCUT2D eigenvalue weighted by atomic mass is 9.95. The molecule has 12 heavy (non-hydrogen) atoms. The minimum atomic E-state index is 0.631. The van der Waals surface area contributed by atoms with Gasteiger partial charge in [-0.3, -0.25) is 0 Å². The molecule has 1 N–H and O–H groups in total. The Morgan fingerprint density at radius 1 is 1.08 bits per heavy atom. The molecule has 0 amide bonds. The third kappa shape index (κ3) is 6.66. The fraction of sp³-hybridized carbons (Fsp3) is 1.00. The molecule has 0 saturated carbocycles. The van der Waals surface area contributed by atoms with Crippen molar-refractivity contribution in [3.63, 3.8) is 0 Å². The highest BCUT2D eigenvalue weighted by Gasteiger charge is 2.08. The van der Waals surface area contributed by atoms with Gasteiger partial charge in [0.15, 0.2) is 0 Å². The summed E-state index contributed by atoms with van der Waals surface area (Å²) >= 11 is 0. The number of hydrogen-bond donors (Lipinski definition) is 1. The lowest BCUT2D eigenvalue weighted by Gasteiger charge is -2.19. The molecule has 0 rings (SSSR count). The van der Waals surface area contributed by atoms with E-state index in [1.54, 1.807) is 0 Å². The van der Waals surface area contributed by atoms with E-state index in [2.05, 4.69) is 39.9 Å². The van der Waals surface area contributed by atoms with E-state index < -0.39 is 0 Å². The first kappa shape index (κ1) is 12.0. The van der Waals surface area contributed by atoms with Crippen LogP contribution in [0.5, 0.6) is 0 Å². The van der Waals surface area contributed by atoms with Crippen LogP contribution in [0.15, 0.2) is 0 Å². The van der Waals surface area contributed by atoms with Gasteiger partial charge in [0.05, 0.1) is 0 Å². The molecule has 0 radical (unpaired) electrons. The molecular formula is C11H25N. The topological polar surface area (TPSA) is 12.0 Å². The Balaban J connectivity index is 3.53. The van der Waals surface area contributed by atoms with Gasteiger partial charge >= 0.3 is 0 Å². The van der Waals surface area contributed by atoms with Crippen LogP contribution in [0.3, 0.4) is 0 Å². The molecule has 0 bridgehead atoms. The van der Waals surface area contributed by atoms with Crippen molar-refractivity contribution in [1.29, 1.82) is 0 Å². The maximum Gasteiger partial charge on any atom is 0.00104 e. The van der Waals surface area contributed by atoms with Gasteiger partial charge in [-0.15, -0.1) is 0 Å². The summed E-state index contributed by atoms with van der Waals surface area (Å²) in [5.41, 5.74) is 0. The standard InChI is InChI=1S/C11H25N/c1-6-11(7-9(2)3)8-12-10(4)5/h9-12H,6-8H2,1-5H3/t11-/m1/s1. The van der Waals surface area contributed by atoms with E-state index in [9.17, 15) is 0 Å². The molecule has 0 aliphatic heterocycles. The molecular weight excluding hydrogens is 146 g/mol. The van der Waals surface area contributed by atoms with Crippen LogP contribution in [0.2, 0.25) is 0 Å². The summed E-state index contributed by atoms with van der Waals surface area (Å²) in [6.45, 7) is 12.5. The van der Waals surface area contributed by atoms with Crippen LogP contribution in [0, 0.1) is 11.8 Å². The average Bonchev–Trinajstić information content (AvgIpc) is 1.97. The largest absolute Gasteiger partial charge is 0.314 e. The molecule has 74 valence electrons. The highest BCUT2D eigenvalue weighted by molar-refractivity contribution is 4.64. The van der Waals surface area contributed by atoms with Crippen LogP contribution in [0.1, 0.15) is 47.5 Å². The maximum atomic E-state index is 3.50. The van der Waals surface area contributed by atoms with Gasteiger partial charge < -0.3 is 5.32 Å². The second kappa shape index (κ2) is 6.47. The Morgan fingerprint density at radius 3 is 2.00 bits per heavy atom. The summed E-state index contributed by atoms with van der Waals surface area (Å²) < 4.78 is 0. The molecule has 1 nitrogen and oxygen atoms in total. The summed E-state index contributed by atoms with van der Waals surface area (Å²) in [7, 11) is 0. The van der Waals surface area contributed by atoms with Gasteiger partial charge in [0, 0.05) is 6.04 Å². The van der Waals surface area contributed by atoms with Crippen LogP contribution < -0.4 is 5.32 Å². The Kier molecular flexibility index (Phi) is 6.45. The van der Waals surface area contributed by atoms with Crippen molar-refractivity contribution in [3.05, 3.63) is 0 Å². The third-order valence-electron chi connectivity index (χ3n) is 2.20. The van der Waals surface area contributed by atoms with Crippen molar-refractivity contribution in [1.82, 2.24) is 5.32 Å². The van der Waals surface area contributed by atoms with E-state index in [1.165, 1.54) is 19.4 Å². The van der Waals surface area contributed by atoms with E-state index >= 15 is 0 Å². The van der Waals surface area contributed by atoms with E-state index in [0.29, 0.717) is 6.04 Å². The second-order valence-corrected chi connectivity index (χ2v) is 4.47. The van der Waals surface area contributed by atoms with E-state index in [1.807, 2.05) is 0 Å². The average molecular weight is 171 g/mol. The van der Waals surface area contributed by atoms with Gasteiger partial charge in [0.1, 0.15) is 0 Å². The first-order chi connectivity index (χ1) is 5.56. The van der Waals surface area contributed by atoms with Crippen LogP contribution >= 0.6 is 0 Å². The van der Waals surface area contributed by atoms with Crippen molar-refractivity contribution >= 4 is 0 Å². The lowest BCUT2D eigenvalue weighted by Crippen LogP contribution is -2.29.